The molecule has 1 aromatic heterocycles. The molecule has 0 bridgehead atoms. The van der Waals surface area contributed by atoms with Crippen LogP contribution >= 0.6 is 12.2 Å². The summed E-state index contributed by atoms with van der Waals surface area (Å²) in [6.45, 7) is 4.25. The second-order valence-corrected chi connectivity index (χ2v) is 6.05. The van der Waals surface area contributed by atoms with E-state index in [0.717, 1.165) is 22.4 Å². The minimum atomic E-state index is -0.292. The molecule has 3 rings (SSSR count). The van der Waals surface area contributed by atoms with E-state index < -0.39 is 0 Å². The molecule has 1 N–H and O–H groups in total. The zero-order valence-corrected chi connectivity index (χ0v) is 14.7. The fraction of sp³-hybridized carbons (Fsp3) is 0.167. The van der Waals surface area contributed by atoms with Gasteiger partial charge in [0.05, 0.1) is 6.21 Å². The lowest BCUT2D eigenvalue weighted by molar-refractivity contribution is 0.290. The van der Waals surface area contributed by atoms with Crippen molar-refractivity contribution in [3.8, 4) is 5.75 Å². The van der Waals surface area contributed by atoms with Crippen LogP contribution in [0.5, 0.6) is 5.75 Å². The van der Waals surface area contributed by atoms with Crippen molar-refractivity contribution in [1.82, 2.24) is 14.9 Å². The van der Waals surface area contributed by atoms with Crippen molar-refractivity contribution < 1.29 is 9.13 Å². The molecule has 128 valence electrons. The first kappa shape index (κ1) is 17.0. The molecule has 0 saturated carbocycles. The van der Waals surface area contributed by atoms with Gasteiger partial charge in [0.2, 0.25) is 4.77 Å². The van der Waals surface area contributed by atoms with Gasteiger partial charge in [-0.15, -0.1) is 0 Å². The number of halogens is 1. The topological polar surface area (TPSA) is 55.2 Å². The highest BCUT2D eigenvalue weighted by Gasteiger charge is 2.07. The van der Waals surface area contributed by atoms with Gasteiger partial charge in [-0.2, -0.15) is 14.9 Å². The Morgan fingerprint density at radius 3 is 2.56 bits per heavy atom. The number of nitrogens with one attached hydrogen (secondary N) is 1. The van der Waals surface area contributed by atoms with Crippen molar-refractivity contribution in [1.29, 1.82) is 0 Å². The molecule has 0 atom stereocenters. The van der Waals surface area contributed by atoms with E-state index in [1.807, 2.05) is 26.0 Å². The number of nitrogens with zero attached hydrogens (tertiary/aromatic N) is 3. The highest BCUT2D eigenvalue weighted by Crippen LogP contribution is 2.17. The maximum absolute atomic E-state index is 12.9. The van der Waals surface area contributed by atoms with Crippen LogP contribution in [-0.4, -0.2) is 21.1 Å². The molecule has 0 radical (unpaired) electrons. The number of hydrogen-bond acceptors (Lipinski definition) is 4. The second kappa shape index (κ2) is 7.40. The first-order valence-electron chi connectivity index (χ1n) is 7.68. The lowest BCUT2D eigenvalue weighted by atomic mass is 10.1. The third-order valence-electron chi connectivity index (χ3n) is 3.47. The molecular formula is C18H17FN4OS. The van der Waals surface area contributed by atoms with E-state index >= 15 is 0 Å². The zero-order valence-electron chi connectivity index (χ0n) is 13.9. The summed E-state index contributed by atoms with van der Waals surface area (Å²) in [6.07, 6.45) is 1.59. The first-order chi connectivity index (χ1) is 12.0. The summed E-state index contributed by atoms with van der Waals surface area (Å²) >= 11 is 5.20. The summed E-state index contributed by atoms with van der Waals surface area (Å²) in [4.78, 5) is 0. The van der Waals surface area contributed by atoms with E-state index in [1.54, 1.807) is 18.3 Å². The number of aromatic amines is 1. The van der Waals surface area contributed by atoms with Crippen LogP contribution in [0.25, 0.3) is 0 Å². The van der Waals surface area contributed by atoms with Crippen molar-refractivity contribution in [2.45, 2.75) is 20.5 Å². The lowest BCUT2D eigenvalue weighted by Gasteiger charge is -2.07. The van der Waals surface area contributed by atoms with Gasteiger partial charge in [-0.05, 0) is 67.0 Å². The molecule has 0 aliphatic heterocycles. The van der Waals surface area contributed by atoms with Crippen LogP contribution in [0.2, 0.25) is 0 Å². The average Bonchev–Trinajstić information content (AvgIpc) is 2.92. The Labute approximate surface area is 149 Å². The summed E-state index contributed by atoms with van der Waals surface area (Å²) < 4.78 is 20.6. The molecule has 1 heterocycles. The Morgan fingerprint density at radius 2 is 1.88 bits per heavy atom. The van der Waals surface area contributed by atoms with E-state index in [-0.39, 0.29) is 12.4 Å². The van der Waals surface area contributed by atoms with Crippen LogP contribution in [0, 0.1) is 24.4 Å². The van der Waals surface area contributed by atoms with E-state index in [9.17, 15) is 4.39 Å². The normalized spacial score (nSPS) is 11.2. The molecule has 0 unspecified atom stereocenters. The number of ether oxygens (including phenoxy) is 1. The first-order valence-corrected chi connectivity index (χ1v) is 8.09. The van der Waals surface area contributed by atoms with Gasteiger partial charge < -0.3 is 4.74 Å². The third-order valence-corrected chi connectivity index (χ3v) is 3.74. The predicted molar refractivity (Wildman–Crippen MR) is 97.1 cm³/mol. The fourth-order valence-corrected chi connectivity index (χ4v) is 2.57. The molecule has 0 amide bonds. The zero-order chi connectivity index (χ0) is 17.8. The molecule has 0 aliphatic rings. The molecule has 3 aromatic rings. The number of H-pyrrole nitrogens is 1. The quantitative estimate of drug-likeness (QED) is 0.552. The van der Waals surface area contributed by atoms with Gasteiger partial charge in [0.1, 0.15) is 18.2 Å². The van der Waals surface area contributed by atoms with Gasteiger partial charge in [-0.25, -0.2) is 9.49 Å². The monoisotopic (exact) mass is 356 g/mol. The third kappa shape index (κ3) is 4.39. The molecular weight excluding hydrogens is 339 g/mol. The van der Waals surface area contributed by atoms with E-state index in [1.165, 1.54) is 16.8 Å². The SMILES string of the molecule is Cc1cc(C)cc(OCc2n[nH]c(=S)n2/N=C\c2ccc(F)cc2)c1. The predicted octanol–water partition coefficient (Wildman–Crippen LogP) is 4.16. The largest absolute Gasteiger partial charge is 0.486 e. The van der Waals surface area contributed by atoms with Crippen molar-refractivity contribution in [2.24, 2.45) is 5.10 Å². The smallest absolute Gasteiger partial charge is 0.216 e. The number of benzene rings is 2. The van der Waals surface area contributed by atoms with Crippen LogP contribution in [0.1, 0.15) is 22.5 Å². The standard InChI is InChI=1S/C18H17FN4OS/c1-12-7-13(2)9-16(8-12)24-11-17-21-22-18(25)23(17)20-10-14-3-5-15(19)6-4-14/h3-10H,11H2,1-2H3,(H,22,25)/b20-10-. The molecule has 0 fully saturated rings. The van der Waals surface area contributed by atoms with Gasteiger partial charge in [-0.1, -0.05) is 18.2 Å². The van der Waals surface area contributed by atoms with Crippen LogP contribution < -0.4 is 4.74 Å². The van der Waals surface area contributed by atoms with Crippen LogP contribution in [0.3, 0.4) is 0 Å². The summed E-state index contributed by atoms with van der Waals surface area (Å²) in [5.41, 5.74) is 3.01. The van der Waals surface area contributed by atoms with Crippen LogP contribution in [-0.2, 0) is 6.61 Å². The van der Waals surface area contributed by atoms with Gasteiger partial charge in [0, 0.05) is 0 Å². The molecule has 2 aromatic carbocycles. The van der Waals surface area contributed by atoms with Gasteiger partial charge >= 0.3 is 0 Å². The Hall–Kier alpha value is -2.80. The summed E-state index contributed by atoms with van der Waals surface area (Å²) in [6, 6.07) is 12.0. The van der Waals surface area contributed by atoms with Gasteiger partial charge in [-0.3, -0.25) is 0 Å². The molecule has 7 heteroatoms. The summed E-state index contributed by atoms with van der Waals surface area (Å²) in [7, 11) is 0. The lowest BCUT2D eigenvalue weighted by Crippen LogP contribution is -2.04. The van der Waals surface area contributed by atoms with Crippen LogP contribution in [0.15, 0.2) is 47.6 Å². The minimum Gasteiger partial charge on any atom is -0.486 e. The molecule has 5 nitrogen and oxygen atoms in total. The summed E-state index contributed by atoms with van der Waals surface area (Å²) in [5, 5.41) is 11.2. The van der Waals surface area contributed by atoms with Gasteiger partial charge in [0.15, 0.2) is 5.82 Å². The minimum absolute atomic E-state index is 0.219. The summed E-state index contributed by atoms with van der Waals surface area (Å²) in [5.74, 6) is 1.02. The Kier molecular flexibility index (Phi) is 5.04. The maximum atomic E-state index is 12.9. The van der Waals surface area contributed by atoms with Crippen molar-refractivity contribution in [3.63, 3.8) is 0 Å². The Morgan fingerprint density at radius 1 is 1.20 bits per heavy atom. The van der Waals surface area contributed by atoms with E-state index in [4.69, 9.17) is 17.0 Å². The van der Waals surface area contributed by atoms with Crippen LogP contribution in [0.4, 0.5) is 4.39 Å². The Balaban J connectivity index is 1.77. The van der Waals surface area contributed by atoms with Crippen molar-refractivity contribution in [3.05, 3.63) is 75.6 Å². The number of aryl methyl sites for hydroxylation is 2. The van der Waals surface area contributed by atoms with Gasteiger partial charge in [0.25, 0.3) is 0 Å². The number of rotatable bonds is 5. The molecule has 0 spiro atoms. The van der Waals surface area contributed by atoms with E-state index in [0.29, 0.717) is 10.6 Å². The highest BCUT2D eigenvalue weighted by atomic mass is 32.1. The van der Waals surface area contributed by atoms with Crippen molar-refractivity contribution >= 4 is 18.4 Å². The highest BCUT2D eigenvalue weighted by molar-refractivity contribution is 7.71. The molecule has 25 heavy (non-hydrogen) atoms. The second-order valence-electron chi connectivity index (χ2n) is 5.67. The van der Waals surface area contributed by atoms with E-state index in [2.05, 4.69) is 21.4 Å². The maximum Gasteiger partial charge on any atom is 0.216 e. The Bertz CT molecular complexity index is 940. The average molecular weight is 356 g/mol. The fourth-order valence-electron chi connectivity index (χ4n) is 2.37. The van der Waals surface area contributed by atoms with Crippen molar-refractivity contribution in [2.75, 3.05) is 0 Å². The molecule has 0 saturated heterocycles. The molecule has 0 aliphatic carbocycles. The number of aromatic nitrogens is 3. The number of hydrogen-bond donors (Lipinski definition) is 1.